The summed E-state index contributed by atoms with van der Waals surface area (Å²) in [5.41, 5.74) is -1.92. The van der Waals surface area contributed by atoms with E-state index >= 15 is 0 Å². The topological polar surface area (TPSA) is 101 Å². The minimum absolute atomic E-state index is 0.419. The molecule has 0 aliphatic heterocycles. The summed E-state index contributed by atoms with van der Waals surface area (Å²) < 4.78 is 75.3. The molecule has 0 heterocycles. The van der Waals surface area contributed by atoms with E-state index in [2.05, 4.69) is 26.1 Å². The van der Waals surface area contributed by atoms with Crippen LogP contribution in [0, 0.1) is 0 Å². The van der Waals surface area contributed by atoms with Crippen molar-refractivity contribution in [2.45, 2.75) is 86.7 Å². The molecule has 0 spiro atoms. The van der Waals surface area contributed by atoms with Crippen molar-refractivity contribution in [3.63, 3.8) is 0 Å². The monoisotopic (exact) mass is 557 g/mol. The van der Waals surface area contributed by atoms with E-state index in [1.807, 2.05) is 12.1 Å². The van der Waals surface area contributed by atoms with Crippen LogP contribution in [-0.2, 0) is 21.0 Å². The van der Waals surface area contributed by atoms with E-state index in [4.69, 9.17) is 0 Å². The van der Waals surface area contributed by atoms with Gasteiger partial charge in [-0.3, -0.25) is 4.21 Å². The molecule has 204 valence electrons. The molecule has 2 aliphatic rings. The van der Waals surface area contributed by atoms with Gasteiger partial charge in [0.25, 0.3) is 0 Å². The Morgan fingerprint density at radius 2 is 1.19 bits per heavy atom. The standard InChI is InChI=1S/C25H32F3N4O3S2/c26-25(27,28)36(33)32-37(34,35)24-13-11-20(12-14-24)31-23-16-21(29-18-7-3-1-4-8-18)15-22(17-23)30-19-9-5-2-6-10-19/h11-19,29-31H,1-10H2/q-1. The highest BCUT2D eigenvalue weighted by Gasteiger charge is 2.32. The second kappa shape index (κ2) is 12.0. The summed E-state index contributed by atoms with van der Waals surface area (Å²) in [6.45, 7) is 0. The van der Waals surface area contributed by atoms with Crippen LogP contribution >= 0.6 is 0 Å². The largest absolute Gasteiger partial charge is 0.453 e. The van der Waals surface area contributed by atoms with E-state index in [-0.39, 0.29) is 0 Å². The number of nitrogens with one attached hydrogen (secondary N) is 3. The van der Waals surface area contributed by atoms with Crippen molar-refractivity contribution in [1.29, 1.82) is 0 Å². The minimum atomic E-state index is -5.24. The van der Waals surface area contributed by atoms with Gasteiger partial charge in [0, 0.05) is 50.7 Å². The molecular weight excluding hydrogens is 525 g/mol. The predicted molar refractivity (Wildman–Crippen MR) is 142 cm³/mol. The molecule has 0 bridgehead atoms. The number of hydrogen-bond donors (Lipinski definition) is 3. The minimum Gasteiger partial charge on any atom is -0.452 e. The Morgan fingerprint density at radius 3 is 1.65 bits per heavy atom. The van der Waals surface area contributed by atoms with Crippen LogP contribution in [-0.4, -0.2) is 30.2 Å². The summed E-state index contributed by atoms with van der Waals surface area (Å²) in [6.07, 6.45) is 11.9. The van der Waals surface area contributed by atoms with Crippen molar-refractivity contribution in [2.24, 2.45) is 0 Å². The summed E-state index contributed by atoms with van der Waals surface area (Å²) in [5, 5.41) is 10.6. The SMILES string of the molecule is O=S([N-]S(=O)(=O)c1ccc(Nc2cc(NC3CCCCC3)cc(NC3CCCCC3)c2)cc1)C(F)(F)F. The van der Waals surface area contributed by atoms with E-state index in [1.165, 1.54) is 50.7 Å². The highest BCUT2D eigenvalue weighted by Crippen LogP contribution is 2.32. The lowest BCUT2D eigenvalue weighted by molar-refractivity contribution is -0.0375. The summed E-state index contributed by atoms with van der Waals surface area (Å²) in [5.74, 6) is 0. The molecule has 0 aromatic heterocycles. The summed E-state index contributed by atoms with van der Waals surface area (Å²) in [7, 11) is -8.57. The van der Waals surface area contributed by atoms with Gasteiger partial charge in [-0.2, -0.15) is 13.2 Å². The number of anilines is 4. The molecule has 1 atom stereocenters. The predicted octanol–water partition coefficient (Wildman–Crippen LogP) is 7.17. The fourth-order valence-corrected chi connectivity index (χ4v) is 6.76. The zero-order chi connectivity index (χ0) is 26.5. The number of nitrogens with zero attached hydrogens (tertiary/aromatic N) is 1. The number of rotatable bonds is 9. The zero-order valence-corrected chi connectivity index (χ0v) is 22.0. The molecule has 1 unspecified atom stereocenters. The van der Waals surface area contributed by atoms with Gasteiger partial charge in [0.2, 0.25) is 0 Å². The molecule has 2 aliphatic carbocycles. The van der Waals surface area contributed by atoms with Crippen LogP contribution < -0.4 is 16.0 Å². The highest BCUT2D eigenvalue weighted by molar-refractivity contribution is 8.09. The van der Waals surface area contributed by atoms with Crippen molar-refractivity contribution in [3.8, 4) is 0 Å². The lowest BCUT2D eigenvalue weighted by atomic mass is 9.95. The lowest BCUT2D eigenvalue weighted by Crippen LogP contribution is -2.23. The first-order valence-corrected chi connectivity index (χ1v) is 15.2. The molecular formula is C25H32F3N4O3S2-. The first kappa shape index (κ1) is 27.7. The molecule has 3 N–H and O–H groups in total. The third kappa shape index (κ3) is 8.08. The molecule has 2 aromatic carbocycles. The van der Waals surface area contributed by atoms with Gasteiger partial charge in [0.05, 0.1) is 0 Å². The van der Waals surface area contributed by atoms with Crippen molar-refractivity contribution in [3.05, 3.63) is 46.6 Å². The Balaban J connectivity index is 1.50. The maximum absolute atomic E-state index is 12.5. The van der Waals surface area contributed by atoms with Crippen LogP contribution in [0.1, 0.15) is 64.2 Å². The number of hydrogen-bond acceptors (Lipinski definition) is 6. The van der Waals surface area contributed by atoms with Crippen LogP contribution in [0.25, 0.3) is 4.13 Å². The van der Waals surface area contributed by atoms with Gasteiger partial charge in [-0.25, -0.2) is 8.42 Å². The first-order valence-electron chi connectivity index (χ1n) is 12.6. The van der Waals surface area contributed by atoms with Gasteiger partial charge >= 0.3 is 5.51 Å². The van der Waals surface area contributed by atoms with Crippen LogP contribution in [0.2, 0.25) is 0 Å². The van der Waals surface area contributed by atoms with Crippen molar-refractivity contribution >= 4 is 43.8 Å². The second-order valence-corrected chi connectivity index (χ2v) is 12.6. The molecule has 2 saturated carbocycles. The highest BCUT2D eigenvalue weighted by atomic mass is 32.3. The molecule has 2 fully saturated rings. The van der Waals surface area contributed by atoms with Gasteiger partial charge in [-0.1, -0.05) is 38.5 Å². The number of sulfonamides is 1. The second-order valence-electron chi connectivity index (χ2n) is 9.65. The summed E-state index contributed by atoms with van der Waals surface area (Å²) in [6, 6.07) is 12.1. The summed E-state index contributed by atoms with van der Waals surface area (Å²) in [4.78, 5) is -0.469. The lowest BCUT2D eigenvalue weighted by Gasteiger charge is -2.27. The zero-order valence-electron chi connectivity index (χ0n) is 20.4. The smallest absolute Gasteiger partial charge is 0.452 e. The van der Waals surface area contributed by atoms with Crippen molar-refractivity contribution in [1.82, 2.24) is 0 Å². The normalized spacial score (nSPS) is 18.8. The summed E-state index contributed by atoms with van der Waals surface area (Å²) >= 11 is 0. The number of halogens is 3. The van der Waals surface area contributed by atoms with Gasteiger partial charge < -0.3 is 20.1 Å². The van der Waals surface area contributed by atoms with E-state index in [9.17, 15) is 25.8 Å². The van der Waals surface area contributed by atoms with Gasteiger partial charge in [-0.15, -0.1) is 0 Å². The Labute approximate surface area is 218 Å². The van der Waals surface area contributed by atoms with Crippen LogP contribution in [0.15, 0.2) is 47.4 Å². The molecule has 37 heavy (non-hydrogen) atoms. The van der Waals surface area contributed by atoms with Gasteiger partial charge in [-0.05, 0) is 68.1 Å². The molecule has 4 rings (SSSR count). The van der Waals surface area contributed by atoms with Crippen LogP contribution in [0.4, 0.5) is 35.9 Å². The van der Waals surface area contributed by atoms with E-state index in [1.54, 1.807) is 0 Å². The quantitative estimate of drug-likeness (QED) is 0.302. The Hall–Kier alpha value is -2.31. The Bertz CT molecular complexity index is 1140. The van der Waals surface area contributed by atoms with Gasteiger partial charge in [0.1, 0.15) is 10.0 Å². The van der Waals surface area contributed by atoms with E-state index in [0.717, 1.165) is 54.9 Å². The fraction of sp³-hybridized carbons (Fsp3) is 0.520. The van der Waals surface area contributed by atoms with Gasteiger partial charge in [0.15, 0.2) is 0 Å². The average molecular weight is 558 g/mol. The third-order valence-electron chi connectivity index (χ3n) is 6.69. The number of alkyl halides is 3. The first-order chi connectivity index (χ1) is 17.6. The molecule has 0 amide bonds. The van der Waals surface area contributed by atoms with Crippen molar-refractivity contribution in [2.75, 3.05) is 16.0 Å². The Morgan fingerprint density at radius 1 is 0.730 bits per heavy atom. The van der Waals surface area contributed by atoms with E-state index < -0.39 is 31.4 Å². The molecule has 0 saturated heterocycles. The van der Waals surface area contributed by atoms with E-state index in [0.29, 0.717) is 17.8 Å². The van der Waals surface area contributed by atoms with Crippen LogP contribution in [0.3, 0.4) is 0 Å². The third-order valence-corrected chi connectivity index (χ3v) is 9.28. The maximum Gasteiger partial charge on any atom is 0.453 e. The van der Waals surface area contributed by atoms with Crippen molar-refractivity contribution < 1.29 is 25.8 Å². The Kier molecular flexibility index (Phi) is 9.02. The van der Waals surface area contributed by atoms with Crippen LogP contribution in [0.5, 0.6) is 0 Å². The molecule has 0 radical (unpaired) electrons. The average Bonchev–Trinajstić information content (AvgIpc) is 2.85. The molecule has 2 aromatic rings. The number of benzene rings is 2. The maximum atomic E-state index is 12.5. The fourth-order valence-electron chi connectivity index (χ4n) is 4.88. The molecule has 7 nitrogen and oxygen atoms in total. The molecule has 12 heteroatoms.